The zero-order chi connectivity index (χ0) is 18.7. The van der Waals surface area contributed by atoms with E-state index in [1.807, 2.05) is 12.3 Å². The minimum atomic E-state index is -3.25. The minimum absolute atomic E-state index is 0.206. The van der Waals surface area contributed by atoms with Crippen molar-refractivity contribution in [2.24, 2.45) is 0 Å². The summed E-state index contributed by atoms with van der Waals surface area (Å²) < 4.78 is 22.9. The van der Waals surface area contributed by atoms with Gasteiger partial charge in [0.15, 0.2) is 9.84 Å². The van der Waals surface area contributed by atoms with E-state index in [9.17, 15) is 13.2 Å². The van der Waals surface area contributed by atoms with Gasteiger partial charge in [0.1, 0.15) is 0 Å². The molecule has 0 aliphatic rings. The van der Waals surface area contributed by atoms with Gasteiger partial charge in [-0.1, -0.05) is 0 Å². The standard InChI is InChI=1S/C18H18N2O3S3/c1-12-20-16(11-24-12)17-8-5-14(25-17)9-10-19-18(21)13-3-6-15(7-4-13)26(2,22)23/h3-8,11H,9-10H2,1-2H3,(H,19,21). The first-order chi connectivity index (χ1) is 12.3. The summed E-state index contributed by atoms with van der Waals surface area (Å²) in [6.45, 7) is 2.50. The lowest BCUT2D eigenvalue weighted by molar-refractivity contribution is 0.0954. The van der Waals surface area contributed by atoms with E-state index in [0.717, 1.165) is 28.3 Å². The van der Waals surface area contributed by atoms with E-state index in [-0.39, 0.29) is 10.8 Å². The molecule has 1 aromatic carbocycles. The normalized spacial score (nSPS) is 11.5. The molecule has 1 N–H and O–H groups in total. The van der Waals surface area contributed by atoms with Crippen LogP contribution >= 0.6 is 22.7 Å². The van der Waals surface area contributed by atoms with E-state index >= 15 is 0 Å². The van der Waals surface area contributed by atoms with Gasteiger partial charge in [-0.2, -0.15) is 0 Å². The number of benzene rings is 1. The maximum Gasteiger partial charge on any atom is 0.251 e. The smallest absolute Gasteiger partial charge is 0.251 e. The highest BCUT2D eigenvalue weighted by Gasteiger charge is 2.10. The molecule has 0 spiro atoms. The summed E-state index contributed by atoms with van der Waals surface area (Å²) in [6.07, 6.45) is 1.88. The number of thiazole rings is 1. The van der Waals surface area contributed by atoms with Crippen LogP contribution < -0.4 is 5.32 Å². The molecule has 136 valence electrons. The molecular formula is C18H18N2O3S3. The predicted molar refractivity (Wildman–Crippen MR) is 106 cm³/mol. The van der Waals surface area contributed by atoms with Gasteiger partial charge in [0.25, 0.3) is 5.91 Å². The molecule has 3 rings (SSSR count). The largest absolute Gasteiger partial charge is 0.352 e. The summed E-state index contributed by atoms with van der Waals surface area (Å²) in [7, 11) is -3.25. The van der Waals surface area contributed by atoms with Crippen molar-refractivity contribution < 1.29 is 13.2 Å². The first-order valence-electron chi connectivity index (χ1n) is 7.92. The minimum Gasteiger partial charge on any atom is -0.352 e. The van der Waals surface area contributed by atoms with Crippen molar-refractivity contribution in [3.8, 4) is 10.6 Å². The summed E-state index contributed by atoms with van der Waals surface area (Å²) in [5, 5.41) is 5.96. The number of amides is 1. The fourth-order valence-corrected chi connectivity index (χ4v) is 4.67. The third-order valence-corrected chi connectivity index (χ3v) is 6.80. The molecule has 0 atom stereocenters. The van der Waals surface area contributed by atoms with Crippen LogP contribution in [0.2, 0.25) is 0 Å². The third kappa shape index (κ3) is 4.57. The van der Waals surface area contributed by atoms with Crippen molar-refractivity contribution in [2.45, 2.75) is 18.2 Å². The Balaban J connectivity index is 1.55. The molecule has 5 nitrogen and oxygen atoms in total. The zero-order valence-corrected chi connectivity index (χ0v) is 16.8. The monoisotopic (exact) mass is 406 g/mol. The van der Waals surface area contributed by atoms with E-state index < -0.39 is 9.84 Å². The van der Waals surface area contributed by atoms with Crippen LogP contribution in [0.1, 0.15) is 20.2 Å². The van der Waals surface area contributed by atoms with Crippen molar-refractivity contribution in [1.29, 1.82) is 0 Å². The highest BCUT2D eigenvalue weighted by atomic mass is 32.2. The summed E-state index contributed by atoms with van der Waals surface area (Å²) in [4.78, 5) is 19.2. The highest BCUT2D eigenvalue weighted by molar-refractivity contribution is 7.90. The van der Waals surface area contributed by atoms with Crippen molar-refractivity contribution in [3.05, 3.63) is 57.2 Å². The zero-order valence-electron chi connectivity index (χ0n) is 14.4. The average Bonchev–Trinajstić information content (AvgIpc) is 3.23. The van der Waals surface area contributed by atoms with E-state index in [2.05, 4.69) is 22.4 Å². The maximum absolute atomic E-state index is 12.2. The van der Waals surface area contributed by atoms with Gasteiger partial charge in [-0.05, 0) is 49.7 Å². The number of sulfone groups is 1. The average molecular weight is 407 g/mol. The number of carbonyl (C=O) groups is 1. The second-order valence-corrected chi connectivity index (χ2v) is 10.1. The van der Waals surface area contributed by atoms with Crippen LogP contribution in [0.4, 0.5) is 0 Å². The molecule has 0 aliphatic heterocycles. The summed E-state index contributed by atoms with van der Waals surface area (Å²) in [5.41, 5.74) is 1.45. The fourth-order valence-electron chi connectivity index (χ4n) is 2.38. The van der Waals surface area contributed by atoms with Crippen molar-refractivity contribution in [1.82, 2.24) is 10.3 Å². The summed E-state index contributed by atoms with van der Waals surface area (Å²) in [5.74, 6) is -0.211. The number of nitrogens with one attached hydrogen (secondary N) is 1. The second-order valence-electron chi connectivity index (χ2n) is 5.82. The van der Waals surface area contributed by atoms with E-state index in [0.29, 0.717) is 12.1 Å². The number of rotatable bonds is 6. The Hall–Kier alpha value is -2.03. The van der Waals surface area contributed by atoms with E-state index in [1.165, 1.54) is 29.1 Å². The highest BCUT2D eigenvalue weighted by Crippen LogP contribution is 2.29. The number of hydrogen-bond donors (Lipinski definition) is 1. The van der Waals surface area contributed by atoms with Crippen LogP contribution in [0.5, 0.6) is 0 Å². The van der Waals surface area contributed by atoms with Gasteiger partial charge in [0, 0.05) is 28.6 Å². The topological polar surface area (TPSA) is 76.1 Å². The molecule has 26 heavy (non-hydrogen) atoms. The molecule has 0 saturated heterocycles. The van der Waals surface area contributed by atoms with E-state index in [1.54, 1.807) is 22.7 Å². The molecule has 3 aromatic rings. The maximum atomic E-state index is 12.2. The van der Waals surface area contributed by atoms with Crippen LogP contribution in [0.15, 0.2) is 46.7 Å². The lowest BCUT2D eigenvalue weighted by Gasteiger charge is -2.05. The molecule has 2 heterocycles. The van der Waals surface area contributed by atoms with Gasteiger partial charge in [-0.25, -0.2) is 13.4 Å². The first kappa shape index (κ1) is 18.8. The Kier molecular flexibility index (Phi) is 5.55. The molecule has 0 saturated carbocycles. The number of aromatic nitrogens is 1. The molecule has 0 unspecified atom stereocenters. The molecular weight excluding hydrogens is 388 g/mol. The Labute approximate surface area is 160 Å². The Bertz CT molecular complexity index is 1020. The van der Waals surface area contributed by atoms with Crippen LogP contribution in [0, 0.1) is 6.92 Å². The van der Waals surface area contributed by atoms with E-state index in [4.69, 9.17) is 0 Å². The summed E-state index contributed by atoms with van der Waals surface area (Å²) in [6, 6.07) is 10.1. The van der Waals surface area contributed by atoms with Crippen molar-refractivity contribution >= 4 is 38.4 Å². The number of aryl methyl sites for hydroxylation is 1. The predicted octanol–water partition coefficient (Wildman–Crippen LogP) is 3.56. The molecule has 1 amide bonds. The van der Waals surface area contributed by atoms with Gasteiger partial charge in [0.05, 0.1) is 20.5 Å². The third-order valence-electron chi connectivity index (χ3n) is 3.73. The number of nitrogens with zero attached hydrogens (tertiary/aromatic N) is 1. The second kappa shape index (κ2) is 7.69. The SMILES string of the molecule is Cc1nc(-c2ccc(CCNC(=O)c3ccc(S(C)(=O)=O)cc3)s2)cs1. The molecule has 2 aromatic heterocycles. The lowest BCUT2D eigenvalue weighted by atomic mass is 10.2. The first-order valence-corrected chi connectivity index (χ1v) is 11.5. The van der Waals surface area contributed by atoms with Crippen LogP contribution in [-0.4, -0.2) is 32.1 Å². The van der Waals surface area contributed by atoms with Gasteiger partial charge >= 0.3 is 0 Å². The van der Waals surface area contributed by atoms with Gasteiger partial charge < -0.3 is 5.32 Å². The number of hydrogen-bond acceptors (Lipinski definition) is 6. The molecule has 0 fully saturated rings. The molecule has 0 bridgehead atoms. The molecule has 0 aliphatic carbocycles. The van der Waals surface area contributed by atoms with Gasteiger partial charge in [0.2, 0.25) is 0 Å². The van der Waals surface area contributed by atoms with Gasteiger partial charge in [-0.15, -0.1) is 22.7 Å². The number of thiophene rings is 1. The van der Waals surface area contributed by atoms with Crippen LogP contribution in [0.25, 0.3) is 10.6 Å². The van der Waals surface area contributed by atoms with Crippen LogP contribution in [-0.2, 0) is 16.3 Å². The van der Waals surface area contributed by atoms with Crippen LogP contribution in [0.3, 0.4) is 0 Å². The van der Waals surface area contributed by atoms with Crippen molar-refractivity contribution in [3.63, 3.8) is 0 Å². The lowest BCUT2D eigenvalue weighted by Crippen LogP contribution is -2.25. The Morgan fingerprint density at radius 2 is 1.88 bits per heavy atom. The Morgan fingerprint density at radius 1 is 1.15 bits per heavy atom. The Morgan fingerprint density at radius 3 is 2.50 bits per heavy atom. The molecule has 0 radical (unpaired) electrons. The van der Waals surface area contributed by atoms with Crippen molar-refractivity contribution in [2.75, 3.05) is 12.8 Å². The number of carbonyl (C=O) groups excluding carboxylic acids is 1. The summed E-state index contributed by atoms with van der Waals surface area (Å²) >= 11 is 3.31. The van der Waals surface area contributed by atoms with Gasteiger partial charge in [-0.3, -0.25) is 4.79 Å². The fraction of sp³-hybridized carbons (Fsp3) is 0.222. The molecule has 8 heteroatoms. The quantitative estimate of drug-likeness (QED) is 0.679.